The zero-order chi connectivity index (χ0) is 13.7. The van der Waals surface area contributed by atoms with E-state index in [9.17, 15) is 4.39 Å². The monoisotopic (exact) mass is 259 g/mol. The highest BCUT2D eigenvalue weighted by Crippen LogP contribution is 2.15. The van der Waals surface area contributed by atoms with Gasteiger partial charge in [0.25, 0.3) is 0 Å². The third-order valence-electron chi connectivity index (χ3n) is 3.04. The van der Waals surface area contributed by atoms with Crippen molar-refractivity contribution in [3.63, 3.8) is 0 Å². The molecule has 0 spiro atoms. The van der Waals surface area contributed by atoms with Gasteiger partial charge in [0.1, 0.15) is 11.6 Å². The summed E-state index contributed by atoms with van der Waals surface area (Å²) in [6, 6.07) is 14.4. The quantitative estimate of drug-likeness (QED) is 0.896. The maximum atomic E-state index is 12.8. The molecule has 0 fully saturated rings. The molecule has 2 rings (SSSR count). The van der Waals surface area contributed by atoms with E-state index in [0.29, 0.717) is 0 Å². The molecule has 0 aliphatic rings. The van der Waals surface area contributed by atoms with Gasteiger partial charge < -0.3 is 10.5 Å². The molecule has 2 N–H and O–H groups in total. The van der Waals surface area contributed by atoms with Crippen molar-refractivity contribution in [3.05, 3.63) is 65.5 Å². The van der Waals surface area contributed by atoms with Crippen molar-refractivity contribution in [1.82, 2.24) is 0 Å². The first-order valence-corrected chi connectivity index (χ1v) is 6.30. The largest absolute Gasteiger partial charge is 0.497 e. The predicted molar refractivity (Wildman–Crippen MR) is 74.8 cm³/mol. The Labute approximate surface area is 113 Å². The molecule has 1 atom stereocenters. The summed E-state index contributed by atoms with van der Waals surface area (Å²) in [5.41, 5.74) is 8.33. The third kappa shape index (κ3) is 4.07. The van der Waals surface area contributed by atoms with Gasteiger partial charge in [0.2, 0.25) is 0 Å². The Morgan fingerprint density at radius 3 is 2.42 bits per heavy atom. The molecule has 0 saturated heterocycles. The Bertz CT molecular complexity index is 525. The van der Waals surface area contributed by atoms with Crippen LogP contribution in [0, 0.1) is 5.82 Å². The van der Waals surface area contributed by atoms with Crippen LogP contribution in [-0.4, -0.2) is 13.2 Å². The summed E-state index contributed by atoms with van der Waals surface area (Å²) in [4.78, 5) is 0. The Hall–Kier alpha value is -1.87. The van der Waals surface area contributed by atoms with Gasteiger partial charge in [0, 0.05) is 6.04 Å². The first-order valence-electron chi connectivity index (χ1n) is 6.30. The second kappa shape index (κ2) is 6.34. The van der Waals surface area contributed by atoms with Crippen molar-refractivity contribution in [2.75, 3.05) is 7.11 Å². The summed E-state index contributed by atoms with van der Waals surface area (Å²) < 4.78 is 18.0. The number of nitrogens with two attached hydrogens (primary N) is 1. The van der Waals surface area contributed by atoms with Crippen LogP contribution in [0.25, 0.3) is 0 Å². The van der Waals surface area contributed by atoms with Gasteiger partial charge in [0.05, 0.1) is 7.11 Å². The first kappa shape index (κ1) is 13.6. The maximum Gasteiger partial charge on any atom is 0.123 e. The van der Waals surface area contributed by atoms with E-state index in [2.05, 4.69) is 0 Å². The lowest BCUT2D eigenvalue weighted by atomic mass is 9.99. The van der Waals surface area contributed by atoms with E-state index in [1.165, 1.54) is 12.1 Å². The van der Waals surface area contributed by atoms with Gasteiger partial charge in [-0.1, -0.05) is 24.3 Å². The van der Waals surface area contributed by atoms with Gasteiger partial charge in [-0.2, -0.15) is 0 Å². The van der Waals surface area contributed by atoms with Crippen molar-refractivity contribution < 1.29 is 9.13 Å². The van der Waals surface area contributed by atoms with Crippen LogP contribution < -0.4 is 10.5 Å². The number of benzene rings is 2. The highest BCUT2D eigenvalue weighted by molar-refractivity contribution is 5.29. The molecule has 0 aliphatic heterocycles. The number of rotatable bonds is 5. The number of ether oxygens (including phenoxy) is 1. The average molecular weight is 259 g/mol. The van der Waals surface area contributed by atoms with Gasteiger partial charge in [-0.15, -0.1) is 0 Å². The first-order chi connectivity index (χ1) is 9.17. The molecule has 0 aromatic heterocycles. The smallest absolute Gasteiger partial charge is 0.123 e. The lowest BCUT2D eigenvalue weighted by molar-refractivity contribution is 0.414. The molecule has 19 heavy (non-hydrogen) atoms. The van der Waals surface area contributed by atoms with Crippen molar-refractivity contribution in [2.45, 2.75) is 18.9 Å². The number of halogens is 1. The summed E-state index contributed by atoms with van der Waals surface area (Å²) in [5, 5.41) is 0. The van der Waals surface area contributed by atoms with E-state index in [0.717, 1.165) is 29.7 Å². The Morgan fingerprint density at radius 2 is 1.74 bits per heavy atom. The fraction of sp³-hybridized carbons (Fsp3) is 0.250. The van der Waals surface area contributed by atoms with Crippen molar-refractivity contribution in [3.8, 4) is 5.75 Å². The fourth-order valence-corrected chi connectivity index (χ4v) is 2.10. The second-order valence-electron chi connectivity index (χ2n) is 4.65. The summed E-state index contributed by atoms with van der Waals surface area (Å²) in [6.07, 6.45) is 1.51. The molecule has 2 aromatic carbocycles. The highest BCUT2D eigenvalue weighted by Gasteiger charge is 2.06. The minimum Gasteiger partial charge on any atom is -0.497 e. The fourth-order valence-electron chi connectivity index (χ4n) is 2.10. The van der Waals surface area contributed by atoms with Crippen LogP contribution in [0.1, 0.15) is 11.1 Å². The van der Waals surface area contributed by atoms with Crippen molar-refractivity contribution >= 4 is 0 Å². The molecule has 1 unspecified atom stereocenters. The van der Waals surface area contributed by atoms with Crippen LogP contribution in [0.5, 0.6) is 5.75 Å². The molecule has 3 heteroatoms. The summed E-state index contributed by atoms with van der Waals surface area (Å²) in [6.45, 7) is 0. The third-order valence-corrected chi connectivity index (χ3v) is 3.04. The van der Waals surface area contributed by atoms with E-state index in [1.54, 1.807) is 19.2 Å². The molecule has 2 nitrogen and oxygen atoms in total. The van der Waals surface area contributed by atoms with Gasteiger partial charge in [0.15, 0.2) is 0 Å². The van der Waals surface area contributed by atoms with Crippen molar-refractivity contribution in [1.29, 1.82) is 0 Å². The zero-order valence-electron chi connectivity index (χ0n) is 11.0. The van der Waals surface area contributed by atoms with Gasteiger partial charge in [-0.3, -0.25) is 0 Å². The maximum absolute atomic E-state index is 12.8. The van der Waals surface area contributed by atoms with Crippen molar-refractivity contribution in [2.24, 2.45) is 5.73 Å². The van der Waals surface area contributed by atoms with E-state index >= 15 is 0 Å². The van der Waals surface area contributed by atoms with Crippen LogP contribution in [0.15, 0.2) is 48.5 Å². The molecular formula is C16H18FNO. The van der Waals surface area contributed by atoms with Gasteiger partial charge >= 0.3 is 0 Å². The Morgan fingerprint density at radius 1 is 1.05 bits per heavy atom. The Balaban J connectivity index is 1.96. The summed E-state index contributed by atoms with van der Waals surface area (Å²) in [5.74, 6) is 0.622. The minimum atomic E-state index is -0.217. The van der Waals surface area contributed by atoms with Crippen LogP contribution in [0.4, 0.5) is 4.39 Å². The van der Waals surface area contributed by atoms with Crippen LogP contribution in [0.3, 0.4) is 0 Å². The molecule has 0 saturated carbocycles. The predicted octanol–water partition coefficient (Wildman–Crippen LogP) is 2.95. The van der Waals surface area contributed by atoms with E-state index in [-0.39, 0.29) is 11.9 Å². The normalized spacial score (nSPS) is 12.2. The van der Waals surface area contributed by atoms with Crippen LogP contribution in [-0.2, 0) is 12.8 Å². The average Bonchev–Trinajstić information content (AvgIpc) is 2.41. The topological polar surface area (TPSA) is 35.2 Å². The number of hydrogen-bond donors (Lipinski definition) is 1. The lowest BCUT2D eigenvalue weighted by Gasteiger charge is -2.12. The van der Waals surface area contributed by atoms with Gasteiger partial charge in [-0.05, 0) is 48.2 Å². The van der Waals surface area contributed by atoms with E-state index in [4.69, 9.17) is 10.5 Å². The molecular weight excluding hydrogens is 241 g/mol. The summed E-state index contributed by atoms with van der Waals surface area (Å²) in [7, 11) is 1.65. The standard InChI is InChI=1S/C16H18FNO/c1-19-16-4-2-3-13(11-16)10-15(18)9-12-5-7-14(17)8-6-12/h2-8,11,15H,9-10,18H2,1H3. The van der Waals surface area contributed by atoms with Crippen LogP contribution >= 0.6 is 0 Å². The highest BCUT2D eigenvalue weighted by atomic mass is 19.1. The molecule has 0 amide bonds. The molecule has 100 valence electrons. The molecule has 0 heterocycles. The van der Waals surface area contributed by atoms with Gasteiger partial charge in [-0.25, -0.2) is 4.39 Å². The molecule has 0 bridgehead atoms. The number of methoxy groups -OCH3 is 1. The minimum absolute atomic E-state index is 0.0116. The SMILES string of the molecule is COc1cccc(CC(N)Cc2ccc(F)cc2)c1. The molecule has 0 radical (unpaired) electrons. The molecule has 2 aromatic rings. The zero-order valence-corrected chi connectivity index (χ0v) is 11.0. The lowest BCUT2D eigenvalue weighted by Crippen LogP contribution is -2.25. The summed E-state index contributed by atoms with van der Waals surface area (Å²) >= 11 is 0. The van der Waals surface area contributed by atoms with Crippen LogP contribution in [0.2, 0.25) is 0 Å². The second-order valence-corrected chi connectivity index (χ2v) is 4.65. The van der Waals surface area contributed by atoms with E-state index < -0.39 is 0 Å². The number of hydrogen-bond acceptors (Lipinski definition) is 2. The Kier molecular flexibility index (Phi) is 4.53. The molecule has 0 aliphatic carbocycles. The van der Waals surface area contributed by atoms with E-state index in [1.807, 2.05) is 24.3 Å².